The van der Waals surface area contributed by atoms with Crippen LogP contribution in [0.4, 0.5) is 0 Å². The maximum atomic E-state index is 12.2. The minimum absolute atomic E-state index is 0.0194. The molecule has 1 aliphatic rings. The van der Waals surface area contributed by atoms with E-state index in [9.17, 15) is 19.5 Å². The number of benzene rings is 2. The zero-order chi connectivity index (χ0) is 15.0. The molecule has 2 aromatic carbocycles. The molecule has 0 radical (unpaired) electrons. The molecular formula is C16H10NO4-. The molecule has 0 unspecified atom stereocenters. The maximum absolute atomic E-state index is 12.2. The van der Waals surface area contributed by atoms with Crippen LogP contribution in [0, 0.1) is 0 Å². The third-order valence-electron chi connectivity index (χ3n) is 3.44. The first-order valence-corrected chi connectivity index (χ1v) is 6.34. The molecule has 2 aromatic rings. The van der Waals surface area contributed by atoms with Crippen molar-refractivity contribution in [1.29, 1.82) is 0 Å². The van der Waals surface area contributed by atoms with Crippen molar-refractivity contribution in [3.8, 4) is 0 Å². The van der Waals surface area contributed by atoms with Crippen molar-refractivity contribution in [2.75, 3.05) is 0 Å². The highest BCUT2D eigenvalue weighted by Crippen LogP contribution is 2.24. The maximum Gasteiger partial charge on any atom is 0.261 e. The Balaban J connectivity index is 1.96. The van der Waals surface area contributed by atoms with Crippen LogP contribution < -0.4 is 5.11 Å². The van der Waals surface area contributed by atoms with Gasteiger partial charge in [0.1, 0.15) is 0 Å². The van der Waals surface area contributed by atoms with Crippen LogP contribution in [0.15, 0.2) is 48.5 Å². The van der Waals surface area contributed by atoms with Crippen LogP contribution in [0.1, 0.15) is 36.6 Å². The number of hydrogen-bond acceptors (Lipinski definition) is 4. The lowest BCUT2D eigenvalue weighted by Gasteiger charge is -2.17. The van der Waals surface area contributed by atoms with Crippen molar-refractivity contribution in [1.82, 2.24) is 4.90 Å². The molecule has 0 saturated carbocycles. The highest BCUT2D eigenvalue weighted by Gasteiger charge is 2.35. The quantitative estimate of drug-likeness (QED) is 0.781. The van der Waals surface area contributed by atoms with Gasteiger partial charge in [-0.25, -0.2) is 0 Å². The Morgan fingerprint density at radius 2 is 1.43 bits per heavy atom. The lowest BCUT2D eigenvalue weighted by Crippen LogP contribution is -2.31. The van der Waals surface area contributed by atoms with Gasteiger partial charge in [-0.1, -0.05) is 36.4 Å². The first kappa shape index (κ1) is 13.1. The Bertz CT molecular complexity index is 731. The number of aromatic carboxylic acids is 1. The van der Waals surface area contributed by atoms with E-state index in [1.807, 2.05) is 0 Å². The molecule has 0 fully saturated rings. The predicted octanol–water partition coefficient (Wildman–Crippen LogP) is 0.846. The van der Waals surface area contributed by atoms with Crippen LogP contribution in [0.25, 0.3) is 0 Å². The Hall–Kier alpha value is -2.95. The van der Waals surface area contributed by atoms with Crippen LogP contribution in [0.3, 0.4) is 0 Å². The second-order valence-electron chi connectivity index (χ2n) is 4.69. The van der Waals surface area contributed by atoms with Gasteiger partial charge < -0.3 is 9.90 Å². The minimum Gasteiger partial charge on any atom is -0.545 e. The van der Waals surface area contributed by atoms with E-state index in [0.29, 0.717) is 16.7 Å². The molecule has 0 aromatic heterocycles. The van der Waals surface area contributed by atoms with E-state index >= 15 is 0 Å². The number of amides is 2. The zero-order valence-corrected chi connectivity index (χ0v) is 10.9. The fourth-order valence-electron chi connectivity index (χ4n) is 2.41. The van der Waals surface area contributed by atoms with Gasteiger partial charge in [-0.05, 0) is 17.7 Å². The van der Waals surface area contributed by atoms with E-state index in [2.05, 4.69) is 0 Å². The number of carbonyl (C=O) groups is 3. The van der Waals surface area contributed by atoms with Crippen molar-refractivity contribution in [2.45, 2.75) is 6.54 Å². The Morgan fingerprint density at radius 1 is 0.905 bits per heavy atom. The fourth-order valence-corrected chi connectivity index (χ4v) is 2.41. The molecule has 1 aliphatic heterocycles. The summed E-state index contributed by atoms with van der Waals surface area (Å²) in [4.78, 5) is 36.6. The van der Waals surface area contributed by atoms with E-state index in [1.54, 1.807) is 42.5 Å². The Kier molecular flexibility index (Phi) is 3.02. The summed E-state index contributed by atoms with van der Waals surface area (Å²) in [5.74, 6) is -2.16. The van der Waals surface area contributed by atoms with E-state index in [1.165, 1.54) is 6.07 Å². The smallest absolute Gasteiger partial charge is 0.261 e. The molecule has 1 heterocycles. The summed E-state index contributed by atoms with van der Waals surface area (Å²) >= 11 is 0. The van der Waals surface area contributed by atoms with Gasteiger partial charge in [0.2, 0.25) is 0 Å². The molecule has 0 saturated heterocycles. The van der Waals surface area contributed by atoms with E-state index in [4.69, 9.17) is 0 Å². The number of nitrogens with zero attached hydrogens (tertiary/aromatic N) is 1. The SMILES string of the molecule is O=C([O-])c1ccccc1CN1C(=O)c2ccccc2C1=O. The van der Waals surface area contributed by atoms with Crippen LogP contribution >= 0.6 is 0 Å². The number of carboxylic acids is 1. The van der Waals surface area contributed by atoms with Crippen LogP contribution in [-0.2, 0) is 6.54 Å². The molecule has 5 nitrogen and oxygen atoms in total. The third kappa shape index (κ3) is 2.08. The van der Waals surface area contributed by atoms with Crippen molar-refractivity contribution in [3.05, 3.63) is 70.8 Å². The minimum atomic E-state index is -1.33. The molecule has 0 spiro atoms. The largest absolute Gasteiger partial charge is 0.545 e. The molecule has 21 heavy (non-hydrogen) atoms. The number of carbonyl (C=O) groups excluding carboxylic acids is 3. The summed E-state index contributed by atoms with van der Waals surface area (Å²) in [7, 11) is 0. The van der Waals surface area contributed by atoms with Crippen LogP contribution in [0.2, 0.25) is 0 Å². The average molecular weight is 280 g/mol. The van der Waals surface area contributed by atoms with E-state index in [0.717, 1.165) is 4.90 Å². The normalized spacial score (nSPS) is 13.4. The Labute approximate surface area is 120 Å². The second kappa shape index (κ2) is 4.86. The van der Waals surface area contributed by atoms with Crippen LogP contribution in [-0.4, -0.2) is 22.7 Å². The molecule has 2 amide bonds. The standard InChI is InChI=1S/C16H11NO4/c18-14-12-7-3-4-8-13(12)15(19)17(14)9-10-5-1-2-6-11(10)16(20)21/h1-8H,9H2,(H,20,21)/p-1. The van der Waals surface area contributed by atoms with Gasteiger partial charge in [-0.15, -0.1) is 0 Å². The van der Waals surface area contributed by atoms with Gasteiger partial charge in [-0.2, -0.15) is 0 Å². The van der Waals surface area contributed by atoms with Gasteiger partial charge in [0, 0.05) is 5.56 Å². The second-order valence-corrected chi connectivity index (χ2v) is 4.69. The zero-order valence-electron chi connectivity index (χ0n) is 10.9. The molecule has 5 heteroatoms. The summed E-state index contributed by atoms with van der Waals surface area (Å²) in [5.41, 5.74) is 1.03. The van der Waals surface area contributed by atoms with Gasteiger partial charge >= 0.3 is 0 Å². The number of fused-ring (bicyclic) bond motifs is 1. The number of rotatable bonds is 3. The van der Waals surface area contributed by atoms with Gasteiger partial charge in [0.25, 0.3) is 11.8 Å². The van der Waals surface area contributed by atoms with E-state index < -0.39 is 17.8 Å². The number of imide groups is 1. The highest BCUT2D eigenvalue weighted by molar-refractivity contribution is 6.21. The highest BCUT2D eigenvalue weighted by atomic mass is 16.4. The van der Waals surface area contributed by atoms with Gasteiger partial charge in [0.05, 0.1) is 23.6 Å². The number of hydrogen-bond donors (Lipinski definition) is 0. The topological polar surface area (TPSA) is 77.5 Å². The summed E-state index contributed by atoms with van der Waals surface area (Å²) in [5, 5.41) is 11.1. The predicted molar refractivity (Wildman–Crippen MR) is 71.4 cm³/mol. The summed E-state index contributed by atoms with van der Waals surface area (Å²) in [6.45, 7) is -0.0868. The Morgan fingerprint density at radius 3 is 2.00 bits per heavy atom. The summed E-state index contributed by atoms with van der Waals surface area (Å²) < 4.78 is 0. The summed E-state index contributed by atoms with van der Waals surface area (Å²) in [6, 6.07) is 12.7. The molecule has 0 bridgehead atoms. The summed E-state index contributed by atoms with van der Waals surface area (Å²) in [6.07, 6.45) is 0. The molecule has 0 atom stereocenters. The molecule has 3 rings (SSSR count). The molecular weight excluding hydrogens is 270 g/mol. The fraction of sp³-hybridized carbons (Fsp3) is 0.0625. The third-order valence-corrected chi connectivity index (χ3v) is 3.44. The number of carboxylic acid groups (broad SMARTS) is 1. The first-order chi connectivity index (χ1) is 10.1. The van der Waals surface area contributed by atoms with Gasteiger partial charge in [-0.3, -0.25) is 14.5 Å². The van der Waals surface area contributed by atoms with Crippen molar-refractivity contribution in [2.24, 2.45) is 0 Å². The van der Waals surface area contributed by atoms with Crippen molar-refractivity contribution in [3.63, 3.8) is 0 Å². The van der Waals surface area contributed by atoms with Crippen molar-refractivity contribution < 1.29 is 19.5 Å². The van der Waals surface area contributed by atoms with Crippen molar-refractivity contribution >= 4 is 17.8 Å². The van der Waals surface area contributed by atoms with E-state index in [-0.39, 0.29) is 12.1 Å². The van der Waals surface area contributed by atoms with Crippen LogP contribution in [0.5, 0.6) is 0 Å². The average Bonchev–Trinajstić information content (AvgIpc) is 2.73. The molecule has 0 aliphatic carbocycles. The molecule has 104 valence electrons. The first-order valence-electron chi connectivity index (χ1n) is 6.34. The molecule has 0 N–H and O–H groups in total. The van der Waals surface area contributed by atoms with Gasteiger partial charge in [0.15, 0.2) is 0 Å². The lowest BCUT2D eigenvalue weighted by atomic mass is 10.1. The monoisotopic (exact) mass is 280 g/mol. The lowest BCUT2D eigenvalue weighted by molar-refractivity contribution is -0.255.